The first-order chi connectivity index (χ1) is 13.8. The van der Waals surface area contributed by atoms with Crippen molar-refractivity contribution in [3.8, 4) is 0 Å². The van der Waals surface area contributed by atoms with Gasteiger partial charge in [0.2, 0.25) is 5.91 Å². The van der Waals surface area contributed by atoms with Crippen molar-refractivity contribution in [3.05, 3.63) is 60.3 Å². The Balaban J connectivity index is 1.42. The molecule has 1 aliphatic heterocycles. The Kier molecular flexibility index (Phi) is 7.82. The van der Waals surface area contributed by atoms with Gasteiger partial charge in [-0.1, -0.05) is 36.4 Å². The fraction of sp³-hybridized carbons (Fsp3) is 0.455. The summed E-state index contributed by atoms with van der Waals surface area (Å²) >= 11 is 0. The van der Waals surface area contributed by atoms with Gasteiger partial charge >= 0.3 is 0 Å². The molecule has 0 atom stereocenters. The lowest BCUT2D eigenvalue weighted by Crippen LogP contribution is -2.49. The number of carbonyl (C=O) groups excluding carboxylic acids is 1. The van der Waals surface area contributed by atoms with E-state index in [2.05, 4.69) is 39.0 Å². The number of rotatable bonds is 9. The number of hydrogen-bond acceptors (Lipinski definition) is 5. The summed E-state index contributed by atoms with van der Waals surface area (Å²) in [6.07, 6.45) is 3.35. The topological polar surface area (TPSA) is 65.7 Å². The zero-order valence-corrected chi connectivity index (χ0v) is 16.5. The van der Waals surface area contributed by atoms with Gasteiger partial charge in [0.1, 0.15) is 5.82 Å². The first-order valence-electron chi connectivity index (χ1n) is 10.2. The largest absolute Gasteiger partial charge is 0.353 e. The molecule has 0 unspecified atom stereocenters. The van der Waals surface area contributed by atoms with Gasteiger partial charge in [-0.05, 0) is 24.1 Å². The number of anilines is 1. The monoisotopic (exact) mass is 381 g/mol. The normalized spacial score (nSPS) is 14.5. The minimum Gasteiger partial charge on any atom is -0.353 e. The van der Waals surface area contributed by atoms with Crippen LogP contribution in [-0.4, -0.2) is 73.0 Å². The van der Waals surface area contributed by atoms with Crippen LogP contribution in [0.15, 0.2) is 54.7 Å². The van der Waals surface area contributed by atoms with Crippen LogP contribution in [0.3, 0.4) is 0 Å². The maximum Gasteiger partial charge on any atom is 0.223 e. The summed E-state index contributed by atoms with van der Waals surface area (Å²) in [6.45, 7) is 6.34. The molecule has 1 aromatic carbocycles. The summed E-state index contributed by atoms with van der Waals surface area (Å²) in [5.41, 5.74) is 7.09. The van der Waals surface area contributed by atoms with E-state index in [0.29, 0.717) is 13.0 Å². The van der Waals surface area contributed by atoms with Crippen LogP contribution in [0, 0.1) is 0 Å². The third-order valence-electron chi connectivity index (χ3n) is 5.25. The molecule has 28 heavy (non-hydrogen) atoms. The van der Waals surface area contributed by atoms with E-state index in [1.54, 1.807) is 0 Å². The van der Waals surface area contributed by atoms with E-state index in [9.17, 15) is 4.79 Å². The van der Waals surface area contributed by atoms with E-state index in [1.165, 1.54) is 5.56 Å². The van der Waals surface area contributed by atoms with Crippen LogP contribution in [0.5, 0.6) is 0 Å². The van der Waals surface area contributed by atoms with Crippen LogP contribution in [-0.2, 0) is 11.2 Å². The molecule has 1 saturated heterocycles. The van der Waals surface area contributed by atoms with Crippen molar-refractivity contribution >= 4 is 11.7 Å². The van der Waals surface area contributed by atoms with Gasteiger partial charge in [-0.2, -0.15) is 0 Å². The third kappa shape index (κ3) is 6.04. The number of benzene rings is 1. The number of carbonyl (C=O) groups is 1. The highest BCUT2D eigenvalue weighted by molar-refractivity contribution is 5.76. The highest BCUT2D eigenvalue weighted by Gasteiger charge is 2.22. The summed E-state index contributed by atoms with van der Waals surface area (Å²) in [4.78, 5) is 23.6. The van der Waals surface area contributed by atoms with Crippen molar-refractivity contribution in [1.29, 1.82) is 0 Å². The Labute approximate surface area is 167 Å². The minimum atomic E-state index is 0.238. The van der Waals surface area contributed by atoms with Gasteiger partial charge in [0.05, 0.1) is 0 Å². The summed E-state index contributed by atoms with van der Waals surface area (Å²) in [5.74, 6) is 1.23. The first kappa shape index (κ1) is 20.3. The van der Waals surface area contributed by atoms with Crippen LogP contribution in [0.4, 0.5) is 5.82 Å². The van der Waals surface area contributed by atoms with Crippen molar-refractivity contribution in [1.82, 2.24) is 14.8 Å². The van der Waals surface area contributed by atoms with E-state index in [1.807, 2.05) is 35.4 Å². The Morgan fingerprint density at radius 1 is 0.964 bits per heavy atom. The number of nitrogens with zero attached hydrogens (tertiary/aromatic N) is 4. The van der Waals surface area contributed by atoms with E-state index in [0.717, 1.165) is 58.1 Å². The summed E-state index contributed by atoms with van der Waals surface area (Å²) in [7, 11) is 0. The van der Waals surface area contributed by atoms with Gasteiger partial charge in [0.25, 0.3) is 0 Å². The molecule has 1 aromatic heterocycles. The number of aromatic nitrogens is 1. The number of nitrogens with two attached hydrogens (primary N) is 1. The molecule has 0 spiro atoms. The summed E-state index contributed by atoms with van der Waals surface area (Å²) in [6, 6.07) is 16.4. The van der Waals surface area contributed by atoms with Gasteiger partial charge in [-0.15, -0.1) is 0 Å². The molecule has 0 aliphatic carbocycles. The van der Waals surface area contributed by atoms with Crippen LogP contribution < -0.4 is 10.6 Å². The van der Waals surface area contributed by atoms with Gasteiger partial charge in [0.15, 0.2) is 0 Å². The molecule has 0 bridgehead atoms. The molecule has 6 nitrogen and oxygen atoms in total. The molecule has 2 aromatic rings. The average Bonchev–Trinajstić information content (AvgIpc) is 2.77. The molecule has 3 rings (SSSR count). The van der Waals surface area contributed by atoms with Crippen molar-refractivity contribution in [3.63, 3.8) is 0 Å². The summed E-state index contributed by atoms with van der Waals surface area (Å²) in [5, 5.41) is 0. The maximum absolute atomic E-state index is 12.7. The van der Waals surface area contributed by atoms with Gasteiger partial charge < -0.3 is 20.4 Å². The Morgan fingerprint density at radius 3 is 2.39 bits per heavy atom. The second-order valence-electron chi connectivity index (χ2n) is 7.17. The number of piperazine rings is 1. The lowest BCUT2D eigenvalue weighted by atomic mass is 10.1. The second kappa shape index (κ2) is 10.8. The molecular formula is C22H31N5O. The van der Waals surface area contributed by atoms with Crippen molar-refractivity contribution in [2.75, 3.05) is 57.3 Å². The molecule has 6 heteroatoms. The quantitative estimate of drug-likeness (QED) is 0.715. The molecule has 2 N–H and O–H groups in total. The van der Waals surface area contributed by atoms with E-state index in [4.69, 9.17) is 5.73 Å². The maximum atomic E-state index is 12.7. The number of pyridine rings is 1. The molecular weight excluding hydrogens is 350 g/mol. The Hall–Kier alpha value is -2.44. The molecule has 0 radical (unpaired) electrons. The van der Waals surface area contributed by atoms with E-state index < -0.39 is 0 Å². The van der Waals surface area contributed by atoms with E-state index in [-0.39, 0.29) is 5.91 Å². The van der Waals surface area contributed by atoms with Crippen LogP contribution >= 0.6 is 0 Å². The second-order valence-corrected chi connectivity index (χ2v) is 7.17. The SMILES string of the molecule is NCCN(CCC(=O)N1CCN(c2ccccn2)CC1)CCc1ccccc1. The molecule has 1 aliphatic rings. The van der Waals surface area contributed by atoms with Gasteiger partial charge in [-0.25, -0.2) is 4.98 Å². The van der Waals surface area contributed by atoms with Gasteiger partial charge in [0, 0.05) is 65.0 Å². The average molecular weight is 382 g/mol. The van der Waals surface area contributed by atoms with Crippen molar-refractivity contribution in [2.45, 2.75) is 12.8 Å². The predicted molar refractivity (Wildman–Crippen MR) is 113 cm³/mol. The Bertz CT molecular complexity index is 701. The predicted octanol–water partition coefficient (Wildman–Crippen LogP) is 1.62. The standard InChI is InChI=1S/C22H31N5O/c23-11-15-25(13-9-20-6-2-1-3-7-20)14-10-22(28)27-18-16-26(17-19-27)21-8-4-5-12-24-21/h1-8,12H,9-11,13-19,23H2. The zero-order chi connectivity index (χ0) is 19.6. The third-order valence-corrected chi connectivity index (χ3v) is 5.25. The molecule has 0 saturated carbocycles. The Morgan fingerprint density at radius 2 is 1.71 bits per heavy atom. The fourth-order valence-electron chi connectivity index (χ4n) is 3.59. The van der Waals surface area contributed by atoms with Crippen LogP contribution in [0.2, 0.25) is 0 Å². The van der Waals surface area contributed by atoms with Crippen LogP contribution in [0.25, 0.3) is 0 Å². The molecule has 1 amide bonds. The van der Waals surface area contributed by atoms with Crippen LogP contribution in [0.1, 0.15) is 12.0 Å². The van der Waals surface area contributed by atoms with Crippen molar-refractivity contribution in [2.24, 2.45) is 5.73 Å². The van der Waals surface area contributed by atoms with Gasteiger partial charge in [-0.3, -0.25) is 4.79 Å². The highest BCUT2D eigenvalue weighted by atomic mass is 16.2. The molecule has 2 heterocycles. The zero-order valence-electron chi connectivity index (χ0n) is 16.5. The smallest absolute Gasteiger partial charge is 0.223 e. The van der Waals surface area contributed by atoms with E-state index >= 15 is 0 Å². The molecule has 1 fully saturated rings. The lowest BCUT2D eigenvalue weighted by molar-refractivity contribution is -0.131. The fourth-order valence-corrected chi connectivity index (χ4v) is 3.59. The first-order valence-corrected chi connectivity index (χ1v) is 10.2. The lowest BCUT2D eigenvalue weighted by Gasteiger charge is -2.35. The molecule has 150 valence electrons. The van der Waals surface area contributed by atoms with Crippen molar-refractivity contribution < 1.29 is 4.79 Å². The minimum absolute atomic E-state index is 0.238. The number of hydrogen-bond donors (Lipinski definition) is 1. The number of amides is 1. The summed E-state index contributed by atoms with van der Waals surface area (Å²) < 4.78 is 0. The highest BCUT2D eigenvalue weighted by Crippen LogP contribution is 2.13.